The van der Waals surface area contributed by atoms with E-state index in [1.807, 2.05) is 0 Å². The Bertz CT molecular complexity index is 1640. The highest BCUT2D eigenvalue weighted by atomic mass is 35.5. The van der Waals surface area contributed by atoms with Gasteiger partial charge in [0, 0.05) is 23.3 Å². The first kappa shape index (κ1) is 26.7. The first-order valence-corrected chi connectivity index (χ1v) is 15.0. The van der Waals surface area contributed by atoms with E-state index >= 15 is 0 Å². The quantitative estimate of drug-likeness (QED) is 0.284. The first-order chi connectivity index (χ1) is 17.5. The second-order valence-corrected chi connectivity index (χ2v) is 13.2. The van der Waals surface area contributed by atoms with Crippen LogP contribution >= 0.6 is 22.9 Å². The van der Waals surface area contributed by atoms with Crippen LogP contribution in [-0.2, 0) is 20.0 Å². The molecule has 1 aromatic heterocycles. The SMILES string of the molecule is Cc1c(Cl)cccc1NS(=O)(=O)c1ccc(NC(=O)c2ccc(N(C)S(=O)(=O)c3cccs3)cc2)cc1. The Morgan fingerprint density at radius 3 is 2.19 bits per heavy atom. The normalized spacial score (nSPS) is 11.6. The van der Waals surface area contributed by atoms with Crippen molar-refractivity contribution in [1.29, 1.82) is 0 Å². The van der Waals surface area contributed by atoms with Gasteiger partial charge in [-0.25, -0.2) is 16.8 Å². The average molecular weight is 576 g/mol. The highest BCUT2D eigenvalue weighted by molar-refractivity contribution is 7.94. The molecule has 0 aliphatic rings. The number of anilines is 3. The van der Waals surface area contributed by atoms with Crippen molar-refractivity contribution in [3.63, 3.8) is 0 Å². The molecule has 0 bridgehead atoms. The van der Waals surface area contributed by atoms with E-state index < -0.39 is 26.0 Å². The van der Waals surface area contributed by atoms with Crippen LogP contribution in [0.15, 0.2) is 93.3 Å². The minimum Gasteiger partial charge on any atom is -0.322 e. The van der Waals surface area contributed by atoms with Crippen molar-refractivity contribution in [3.8, 4) is 0 Å². The van der Waals surface area contributed by atoms with E-state index in [0.29, 0.717) is 33.2 Å². The zero-order valence-electron chi connectivity index (χ0n) is 19.7. The van der Waals surface area contributed by atoms with E-state index in [-0.39, 0.29) is 9.10 Å². The third-order valence-corrected chi connectivity index (χ3v) is 10.5. The molecule has 0 atom stereocenters. The van der Waals surface area contributed by atoms with Gasteiger partial charge in [-0.1, -0.05) is 23.7 Å². The zero-order chi connectivity index (χ0) is 26.8. The molecule has 4 rings (SSSR count). The van der Waals surface area contributed by atoms with Crippen LogP contribution in [0, 0.1) is 6.92 Å². The molecule has 2 N–H and O–H groups in total. The number of hydrogen-bond acceptors (Lipinski definition) is 6. The lowest BCUT2D eigenvalue weighted by molar-refractivity contribution is 0.102. The molecule has 0 saturated carbocycles. The Labute approximate surface area is 224 Å². The molecule has 8 nitrogen and oxygen atoms in total. The maximum atomic E-state index is 12.8. The molecule has 1 heterocycles. The fourth-order valence-electron chi connectivity index (χ4n) is 3.35. The molecule has 0 radical (unpaired) electrons. The van der Waals surface area contributed by atoms with Gasteiger partial charge in [0.25, 0.3) is 26.0 Å². The van der Waals surface area contributed by atoms with E-state index in [4.69, 9.17) is 11.6 Å². The fourth-order valence-corrected chi connectivity index (χ4v) is 7.00. The summed E-state index contributed by atoms with van der Waals surface area (Å²) in [4.78, 5) is 12.7. The summed E-state index contributed by atoms with van der Waals surface area (Å²) in [6.45, 7) is 1.71. The maximum Gasteiger partial charge on any atom is 0.273 e. The number of halogens is 1. The average Bonchev–Trinajstić information content (AvgIpc) is 3.43. The van der Waals surface area contributed by atoms with Gasteiger partial charge < -0.3 is 5.32 Å². The number of nitrogens with one attached hydrogen (secondary N) is 2. The molecule has 0 aliphatic carbocycles. The smallest absolute Gasteiger partial charge is 0.273 e. The summed E-state index contributed by atoms with van der Waals surface area (Å²) in [5.74, 6) is -0.432. The molecular weight excluding hydrogens is 554 g/mol. The van der Waals surface area contributed by atoms with Crippen LogP contribution in [-0.4, -0.2) is 29.8 Å². The lowest BCUT2D eigenvalue weighted by Crippen LogP contribution is -2.25. The van der Waals surface area contributed by atoms with Crippen LogP contribution in [0.2, 0.25) is 5.02 Å². The molecule has 4 aromatic rings. The Morgan fingerprint density at radius 1 is 0.892 bits per heavy atom. The van der Waals surface area contributed by atoms with Crippen LogP contribution in [0.4, 0.5) is 17.1 Å². The Hall–Kier alpha value is -3.38. The summed E-state index contributed by atoms with van der Waals surface area (Å²) in [6, 6.07) is 20.0. The van der Waals surface area contributed by atoms with Crippen molar-refractivity contribution >= 4 is 66.0 Å². The molecule has 37 heavy (non-hydrogen) atoms. The van der Waals surface area contributed by atoms with Crippen molar-refractivity contribution < 1.29 is 21.6 Å². The Kier molecular flexibility index (Phi) is 7.60. The summed E-state index contributed by atoms with van der Waals surface area (Å²) in [7, 11) is -6.10. The molecule has 0 saturated heterocycles. The molecule has 0 unspecified atom stereocenters. The van der Waals surface area contributed by atoms with Crippen LogP contribution in [0.25, 0.3) is 0 Å². The molecule has 3 aromatic carbocycles. The summed E-state index contributed by atoms with van der Waals surface area (Å²) < 4.78 is 54.8. The van der Waals surface area contributed by atoms with Crippen LogP contribution in [0.3, 0.4) is 0 Å². The zero-order valence-corrected chi connectivity index (χ0v) is 22.9. The number of rotatable bonds is 8. The second-order valence-electron chi connectivity index (χ2n) is 7.95. The van der Waals surface area contributed by atoms with E-state index in [2.05, 4.69) is 10.0 Å². The number of carbonyl (C=O) groups is 1. The maximum absolute atomic E-state index is 12.8. The standard InChI is InChI=1S/C25H22ClN3O5S3/c1-17-22(26)5-3-6-23(17)28-36(31,32)21-14-10-19(11-15-21)27-25(30)18-8-12-20(13-9-18)29(2)37(33,34)24-7-4-16-35-24/h3-16,28H,1-2H3,(H,27,30). The van der Waals surface area contributed by atoms with E-state index in [0.717, 1.165) is 15.6 Å². The third-order valence-electron chi connectivity index (χ3n) is 5.54. The number of amides is 1. The number of carbonyl (C=O) groups excluding carboxylic acids is 1. The lowest BCUT2D eigenvalue weighted by Gasteiger charge is -2.18. The fraction of sp³-hybridized carbons (Fsp3) is 0.0800. The number of benzene rings is 3. The van der Waals surface area contributed by atoms with Crippen LogP contribution in [0.5, 0.6) is 0 Å². The summed E-state index contributed by atoms with van der Waals surface area (Å²) >= 11 is 7.19. The molecule has 192 valence electrons. The highest BCUT2D eigenvalue weighted by Gasteiger charge is 2.22. The Balaban J connectivity index is 1.44. The molecule has 0 spiro atoms. The topological polar surface area (TPSA) is 113 Å². The first-order valence-electron chi connectivity index (χ1n) is 10.8. The van der Waals surface area contributed by atoms with E-state index in [1.165, 1.54) is 49.5 Å². The molecule has 1 amide bonds. The van der Waals surface area contributed by atoms with Gasteiger partial charge in [0.05, 0.1) is 16.3 Å². The van der Waals surface area contributed by atoms with Crippen LogP contribution < -0.4 is 14.3 Å². The number of nitrogens with zero attached hydrogens (tertiary/aromatic N) is 1. The summed E-state index contributed by atoms with van der Waals surface area (Å²) in [6.07, 6.45) is 0. The largest absolute Gasteiger partial charge is 0.322 e. The second kappa shape index (κ2) is 10.5. The lowest BCUT2D eigenvalue weighted by atomic mass is 10.2. The molecule has 12 heteroatoms. The predicted molar refractivity (Wildman–Crippen MR) is 148 cm³/mol. The van der Waals surface area contributed by atoms with Crippen molar-refractivity contribution in [2.24, 2.45) is 0 Å². The van der Waals surface area contributed by atoms with Crippen molar-refractivity contribution in [3.05, 3.63) is 100 Å². The van der Waals surface area contributed by atoms with Gasteiger partial charge in [0.15, 0.2) is 0 Å². The monoisotopic (exact) mass is 575 g/mol. The number of hydrogen-bond donors (Lipinski definition) is 2. The van der Waals surface area contributed by atoms with Gasteiger partial charge in [0.2, 0.25) is 0 Å². The molecule has 0 aliphatic heterocycles. The predicted octanol–water partition coefficient (Wildman–Crippen LogP) is 5.59. The van der Waals surface area contributed by atoms with Gasteiger partial charge >= 0.3 is 0 Å². The highest BCUT2D eigenvalue weighted by Crippen LogP contribution is 2.27. The minimum absolute atomic E-state index is 0.0178. The van der Waals surface area contributed by atoms with Crippen LogP contribution in [0.1, 0.15) is 15.9 Å². The number of thiophene rings is 1. The molecule has 0 fully saturated rings. The van der Waals surface area contributed by atoms with E-state index in [1.54, 1.807) is 48.7 Å². The Morgan fingerprint density at radius 2 is 1.57 bits per heavy atom. The van der Waals surface area contributed by atoms with Gasteiger partial charge in [-0.05, 0) is 84.6 Å². The minimum atomic E-state index is -3.87. The van der Waals surface area contributed by atoms with Crippen molar-refractivity contribution in [1.82, 2.24) is 0 Å². The van der Waals surface area contributed by atoms with Gasteiger partial charge in [0.1, 0.15) is 4.21 Å². The van der Waals surface area contributed by atoms with Gasteiger partial charge in [-0.15, -0.1) is 11.3 Å². The third kappa shape index (κ3) is 5.80. The summed E-state index contributed by atoms with van der Waals surface area (Å²) in [5, 5.41) is 4.84. The summed E-state index contributed by atoms with van der Waals surface area (Å²) in [5.41, 5.74) is 2.09. The number of sulfonamides is 2. The van der Waals surface area contributed by atoms with Gasteiger partial charge in [-0.2, -0.15) is 0 Å². The molecular formula is C25H22ClN3O5S3. The van der Waals surface area contributed by atoms with E-state index in [9.17, 15) is 21.6 Å². The van der Waals surface area contributed by atoms with Crippen molar-refractivity contribution in [2.75, 3.05) is 21.4 Å². The van der Waals surface area contributed by atoms with Gasteiger partial charge in [-0.3, -0.25) is 13.8 Å². The van der Waals surface area contributed by atoms with Crippen molar-refractivity contribution in [2.45, 2.75) is 16.0 Å².